The maximum atomic E-state index is 14.5. The Hall–Kier alpha value is -2.16. The molecule has 0 saturated carbocycles. The zero-order valence-corrected chi connectivity index (χ0v) is 12.6. The molecule has 1 aliphatic rings. The molecular formula is C19H19FO2. The molecule has 1 aliphatic carbocycles. The number of hydrogen-bond donors (Lipinski definition) is 1. The van der Waals surface area contributed by atoms with Gasteiger partial charge in [0.05, 0.1) is 5.56 Å². The molecular weight excluding hydrogens is 279 g/mol. The molecule has 2 aromatic carbocycles. The summed E-state index contributed by atoms with van der Waals surface area (Å²) in [6.45, 7) is 1.87. The van der Waals surface area contributed by atoms with E-state index < -0.39 is 5.97 Å². The van der Waals surface area contributed by atoms with Gasteiger partial charge in [-0.1, -0.05) is 31.2 Å². The van der Waals surface area contributed by atoms with Crippen molar-refractivity contribution in [1.82, 2.24) is 0 Å². The zero-order chi connectivity index (χ0) is 15.7. The number of carboxylic acid groups (broad SMARTS) is 1. The number of hydrogen-bond acceptors (Lipinski definition) is 1. The summed E-state index contributed by atoms with van der Waals surface area (Å²) in [4.78, 5) is 11.4. The molecule has 0 aliphatic heterocycles. The van der Waals surface area contributed by atoms with Gasteiger partial charge in [0.2, 0.25) is 0 Å². The number of halogens is 1. The first-order valence-corrected chi connectivity index (χ1v) is 7.71. The molecule has 0 bridgehead atoms. The van der Waals surface area contributed by atoms with Gasteiger partial charge in [-0.25, -0.2) is 9.18 Å². The van der Waals surface area contributed by atoms with Crippen molar-refractivity contribution in [1.29, 1.82) is 0 Å². The van der Waals surface area contributed by atoms with Crippen LogP contribution in [0.15, 0.2) is 36.4 Å². The standard InChI is InChI=1S/C19H19FO2/c1-12(15-8-4-5-9-16(15)19(21)22)17-10-13-6-2-3-7-14(13)11-18(17)20/h4-5,8-12H,2-3,6-7H2,1H3,(H,21,22). The number of fused-ring (bicyclic) bond motifs is 1. The van der Waals surface area contributed by atoms with Crippen LogP contribution in [0.5, 0.6) is 0 Å². The van der Waals surface area contributed by atoms with Crippen molar-refractivity contribution in [2.45, 2.75) is 38.5 Å². The second-order valence-corrected chi connectivity index (χ2v) is 5.96. The van der Waals surface area contributed by atoms with Gasteiger partial charge < -0.3 is 5.11 Å². The van der Waals surface area contributed by atoms with E-state index in [9.17, 15) is 14.3 Å². The van der Waals surface area contributed by atoms with Gasteiger partial charge in [-0.15, -0.1) is 0 Å². The highest BCUT2D eigenvalue weighted by molar-refractivity contribution is 5.89. The third kappa shape index (κ3) is 2.63. The number of carbonyl (C=O) groups is 1. The second-order valence-electron chi connectivity index (χ2n) is 5.96. The predicted octanol–water partition coefficient (Wildman–Crippen LogP) is 4.55. The number of carboxylic acids is 1. The Morgan fingerprint density at radius 2 is 1.73 bits per heavy atom. The summed E-state index contributed by atoms with van der Waals surface area (Å²) >= 11 is 0. The summed E-state index contributed by atoms with van der Waals surface area (Å²) in [6, 6.07) is 10.4. The second kappa shape index (κ2) is 5.91. The molecule has 1 atom stereocenters. The molecule has 0 spiro atoms. The normalized spacial score (nSPS) is 15.2. The minimum absolute atomic E-state index is 0.228. The van der Waals surface area contributed by atoms with E-state index >= 15 is 0 Å². The Bertz CT molecular complexity index is 721. The summed E-state index contributed by atoms with van der Waals surface area (Å²) < 4.78 is 14.5. The molecule has 0 amide bonds. The third-order valence-corrected chi connectivity index (χ3v) is 4.59. The number of aryl methyl sites for hydroxylation is 2. The molecule has 114 valence electrons. The van der Waals surface area contributed by atoms with Gasteiger partial charge in [0.15, 0.2) is 0 Å². The van der Waals surface area contributed by atoms with Gasteiger partial charge >= 0.3 is 5.97 Å². The van der Waals surface area contributed by atoms with E-state index in [0.717, 1.165) is 31.2 Å². The van der Waals surface area contributed by atoms with E-state index in [1.807, 2.05) is 13.0 Å². The highest BCUT2D eigenvalue weighted by Gasteiger charge is 2.21. The lowest BCUT2D eigenvalue weighted by molar-refractivity contribution is 0.0695. The maximum absolute atomic E-state index is 14.5. The fourth-order valence-electron chi connectivity index (χ4n) is 3.34. The summed E-state index contributed by atoms with van der Waals surface area (Å²) in [7, 11) is 0. The van der Waals surface area contributed by atoms with E-state index in [2.05, 4.69) is 0 Å². The smallest absolute Gasteiger partial charge is 0.335 e. The van der Waals surface area contributed by atoms with Crippen molar-refractivity contribution in [3.8, 4) is 0 Å². The van der Waals surface area contributed by atoms with Crippen molar-refractivity contribution < 1.29 is 14.3 Å². The molecule has 1 N–H and O–H groups in total. The van der Waals surface area contributed by atoms with Gasteiger partial charge in [-0.2, -0.15) is 0 Å². The maximum Gasteiger partial charge on any atom is 0.335 e. The van der Waals surface area contributed by atoms with E-state index in [4.69, 9.17) is 0 Å². The van der Waals surface area contributed by atoms with Gasteiger partial charge in [0, 0.05) is 5.92 Å². The molecule has 0 fully saturated rings. The van der Waals surface area contributed by atoms with Gasteiger partial charge in [0.25, 0.3) is 0 Å². The van der Waals surface area contributed by atoms with E-state index in [-0.39, 0.29) is 17.3 Å². The van der Waals surface area contributed by atoms with Crippen molar-refractivity contribution in [2.75, 3.05) is 0 Å². The van der Waals surface area contributed by atoms with Crippen LogP contribution in [-0.2, 0) is 12.8 Å². The monoisotopic (exact) mass is 298 g/mol. The lowest BCUT2D eigenvalue weighted by Crippen LogP contribution is -2.10. The topological polar surface area (TPSA) is 37.3 Å². The molecule has 0 radical (unpaired) electrons. The van der Waals surface area contributed by atoms with Crippen molar-refractivity contribution >= 4 is 5.97 Å². The lowest BCUT2D eigenvalue weighted by atomic mass is 9.84. The molecule has 2 nitrogen and oxygen atoms in total. The molecule has 1 unspecified atom stereocenters. The first-order valence-electron chi connectivity index (χ1n) is 7.71. The summed E-state index contributed by atoms with van der Waals surface area (Å²) in [5, 5.41) is 9.33. The fraction of sp³-hybridized carbons (Fsp3) is 0.316. The van der Waals surface area contributed by atoms with Crippen LogP contribution in [0.2, 0.25) is 0 Å². The molecule has 3 rings (SSSR count). The van der Waals surface area contributed by atoms with Crippen LogP contribution in [0.4, 0.5) is 4.39 Å². The summed E-state index contributed by atoms with van der Waals surface area (Å²) in [5.41, 5.74) is 3.81. The highest BCUT2D eigenvalue weighted by Crippen LogP contribution is 2.32. The van der Waals surface area contributed by atoms with Crippen LogP contribution in [-0.4, -0.2) is 11.1 Å². The Morgan fingerprint density at radius 1 is 1.09 bits per heavy atom. The molecule has 0 aromatic heterocycles. The van der Waals surface area contributed by atoms with Crippen LogP contribution in [0, 0.1) is 5.82 Å². The summed E-state index contributed by atoms with van der Waals surface area (Å²) in [5.74, 6) is -1.48. The van der Waals surface area contributed by atoms with Crippen LogP contribution in [0.3, 0.4) is 0 Å². The Kier molecular flexibility index (Phi) is 3.97. The predicted molar refractivity (Wildman–Crippen MR) is 84.0 cm³/mol. The van der Waals surface area contributed by atoms with Crippen LogP contribution in [0.25, 0.3) is 0 Å². The first kappa shape index (κ1) is 14.8. The number of benzene rings is 2. The van der Waals surface area contributed by atoms with Crippen molar-refractivity contribution in [3.63, 3.8) is 0 Å². The van der Waals surface area contributed by atoms with Crippen LogP contribution in [0.1, 0.15) is 58.3 Å². The van der Waals surface area contributed by atoms with Crippen LogP contribution >= 0.6 is 0 Å². The van der Waals surface area contributed by atoms with E-state index in [0.29, 0.717) is 11.1 Å². The summed E-state index contributed by atoms with van der Waals surface area (Å²) in [6.07, 6.45) is 4.17. The Morgan fingerprint density at radius 3 is 2.41 bits per heavy atom. The van der Waals surface area contributed by atoms with Crippen molar-refractivity contribution in [2.24, 2.45) is 0 Å². The van der Waals surface area contributed by atoms with Crippen LogP contribution < -0.4 is 0 Å². The van der Waals surface area contributed by atoms with Crippen molar-refractivity contribution in [3.05, 3.63) is 70.0 Å². The third-order valence-electron chi connectivity index (χ3n) is 4.59. The number of rotatable bonds is 3. The van der Waals surface area contributed by atoms with E-state index in [1.54, 1.807) is 30.3 Å². The van der Waals surface area contributed by atoms with E-state index in [1.165, 1.54) is 5.56 Å². The SMILES string of the molecule is CC(c1cc2c(cc1F)CCCC2)c1ccccc1C(=O)O. The Balaban J connectivity index is 2.06. The zero-order valence-electron chi connectivity index (χ0n) is 12.6. The minimum Gasteiger partial charge on any atom is -0.478 e. The largest absolute Gasteiger partial charge is 0.478 e. The average molecular weight is 298 g/mol. The minimum atomic E-state index is -0.971. The fourth-order valence-corrected chi connectivity index (χ4v) is 3.34. The van der Waals surface area contributed by atoms with Gasteiger partial charge in [0.1, 0.15) is 5.82 Å². The van der Waals surface area contributed by atoms with Gasteiger partial charge in [-0.3, -0.25) is 0 Å². The number of aromatic carboxylic acids is 1. The van der Waals surface area contributed by atoms with Gasteiger partial charge in [-0.05, 0) is 60.1 Å². The molecule has 2 aromatic rings. The Labute approximate surface area is 129 Å². The average Bonchev–Trinajstić information content (AvgIpc) is 2.53. The lowest BCUT2D eigenvalue weighted by Gasteiger charge is -2.21. The molecule has 0 saturated heterocycles. The quantitative estimate of drug-likeness (QED) is 0.902. The highest BCUT2D eigenvalue weighted by atomic mass is 19.1. The molecule has 22 heavy (non-hydrogen) atoms. The molecule has 3 heteroatoms. The first-order chi connectivity index (χ1) is 10.6. The molecule has 0 heterocycles.